The highest BCUT2D eigenvalue weighted by molar-refractivity contribution is 5.89. The standard InChI is InChI=1S/C31H43N5O3/c1-31(2,3)28(36(33)19-23(32)20-15-16-20)30(38)35-17-9-13-25(35)29(37)34-24-18-27(21-10-5-4-6-11-21)39-26-14-8-7-12-22(24)26/h4-8,10-12,14,20,23-25,27-28H,9,13,15-19,32-33H2,1-3H3,(H,34,37)/t23?,24?,25-,27-,28+/m0/s1. The molecule has 5 N–H and O–H groups in total. The number of fused-ring (bicyclic) bond motifs is 1. The molecular weight excluding hydrogens is 490 g/mol. The fraction of sp³-hybridized carbons (Fsp3) is 0.548. The van der Waals surface area contributed by atoms with Gasteiger partial charge in [-0.25, -0.2) is 5.01 Å². The van der Waals surface area contributed by atoms with Gasteiger partial charge in [-0.05, 0) is 48.6 Å². The number of nitrogens with zero attached hydrogens (tertiary/aromatic N) is 3. The van der Waals surface area contributed by atoms with E-state index in [4.69, 9.17) is 15.6 Å². The fourth-order valence-corrected chi connectivity index (χ4v) is 6.17. The molecule has 39 heavy (non-hydrogen) atoms. The van der Waals surface area contributed by atoms with Gasteiger partial charge in [-0.1, -0.05) is 69.3 Å². The number of hydrogen-bond donors (Lipinski definition) is 2. The van der Waals surface area contributed by atoms with Crippen LogP contribution >= 0.6 is 0 Å². The van der Waals surface area contributed by atoms with Crippen molar-refractivity contribution in [1.29, 1.82) is 0 Å². The number of nitrogens with two attached hydrogens (primary N) is 1. The quantitative estimate of drug-likeness (QED) is 0.234. The summed E-state index contributed by atoms with van der Waals surface area (Å²) in [5, 5.41) is 15.4. The number of amides is 1. The van der Waals surface area contributed by atoms with Crippen molar-refractivity contribution in [3.05, 3.63) is 65.7 Å². The zero-order valence-corrected chi connectivity index (χ0v) is 23.5. The van der Waals surface area contributed by atoms with Crippen LogP contribution in [0.2, 0.25) is 0 Å². The third-order valence-corrected chi connectivity index (χ3v) is 8.38. The van der Waals surface area contributed by atoms with E-state index >= 15 is 0 Å². The molecule has 5 rings (SSSR count). The van der Waals surface area contributed by atoms with E-state index < -0.39 is 17.5 Å². The molecule has 2 aromatic rings. The first-order chi connectivity index (χ1) is 18.6. The summed E-state index contributed by atoms with van der Waals surface area (Å²) >= 11 is 0. The van der Waals surface area contributed by atoms with Crippen LogP contribution in [0.1, 0.15) is 76.1 Å². The molecule has 5 atom stereocenters. The van der Waals surface area contributed by atoms with Gasteiger partial charge in [0.05, 0.1) is 18.6 Å². The van der Waals surface area contributed by atoms with E-state index in [1.807, 2.05) is 75.4 Å². The Morgan fingerprint density at radius 3 is 2.54 bits per heavy atom. The second kappa shape index (κ2) is 11.3. The Morgan fingerprint density at radius 2 is 1.85 bits per heavy atom. The average Bonchev–Trinajstić information content (AvgIpc) is 3.64. The Balaban J connectivity index is 1.38. The first kappa shape index (κ1) is 27.6. The molecular formula is C31H43N5O3. The van der Waals surface area contributed by atoms with Crippen LogP contribution in [0, 0.1) is 11.3 Å². The Kier molecular flexibility index (Phi) is 7.99. The van der Waals surface area contributed by atoms with Crippen molar-refractivity contribution in [3.8, 4) is 5.75 Å². The Labute approximate surface area is 232 Å². The highest BCUT2D eigenvalue weighted by Crippen LogP contribution is 2.43. The van der Waals surface area contributed by atoms with E-state index in [0.29, 0.717) is 31.8 Å². The summed E-state index contributed by atoms with van der Waals surface area (Å²) in [5.41, 5.74) is 5.86. The lowest BCUT2D eigenvalue weighted by molar-refractivity contribution is -0.428. The van der Waals surface area contributed by atoms with Crippen molar-refractivity contribution >= 4 is 11.8 Å². The molecule has 2 aliphatic heterocycles. The van der Waals surface area contributed by atoms with Crippen molar-refractivity contribution in [1.82, 2.24) is 9.91 Å². The van der Waals surface area contributed by atoms with Gasteiger partial charge in [-0.15, -0.1) is 0 Å². The maximum atomic E-state index is 14.0. The predicted octanol–water partition coefficient (Wildman–Crippen LogP) is 2.61. The number of carbonyl (C=O) groups is 1. The summed E-state index contributed by atoms with van der Waals surface area (Å²) in [6.45, 7) is 7.20. The van der Waals surface area contributed by atoms with Gasteiger partial charge in [0, 0.05) is 24.4 Å². The summed E-state index contributed by atoms with van der Waals surface area (Å²) in [4.78, 5) is 20.5. The number of carbonyl (C=O) groups excluding carboxylic acids is 1. The van der Waals surface area contributed by atoms with Crippen molar-refractivity contribution in [2.24, 2.45) is 22.2 Å². The van der Waals surface area contributed by atoms with Gasteiger partial charge in [-0.3, -0.25) is 15.6 Å². The van der Waals surface area contributed by atoms with E-state index in [9.17, 15) is 9.90 Å². The van der Waals surface area contributed by atoms with Crippen LogP contribution in [0.3, 0.4) is 0 Å². The molecule has 2 unspecified atom stereocenters. The van der Waals surface area contributed by atoms with Gasteiger partial charge in [0.25, 0.3) is 0 Å². The van der Waals surface area contributed by atoms with Crippen LogP contribution < -0.4 is 21.4 Å². The minimum absolute atomic E-state index is 0.0893. The number of para-hydroxylation sites is 1. The van der Waals surface area contributed by atoms with Crippen molar-refractivity contribution in [2.45, 2.75) is 83.1 Å². The second-order valence-electron chi connectivity index (χ2n) is 12.5. The van der Waals surface area contributed by atoms with Gasteiger partial charge in [0.1, 0.15) is 23.9 Å². The lowest BCUT2D eigenvalue weighted by Gasteiger charge is -2.41. The number of aliphatic imine (C=N–C) groups is 1. The summed E-state index contributed by atoms with van der Waals surface area (Å²) in [5.74, 6) is 7.58. The van der Waals surface area contributed by atoms with Crippen LogP contribution in [-0.2, 0) is 4.79 Å². The maximum absolute atomic E-state index is 14.0. The SMILES string of the molecule is CC(C)(C)[C@@H](C(=O)N1CCC[C@H]1C([O-])=NC1C[C@@H](c2ccccc2)Oc2ccccc21)N(N)CC([NH3+])C1CC1. The summed E-state index contributed by atoms with van der Waals surface area (Å²) in [7, 11) is 0. The third kappa shape index (κ3) is 6.13. The molecule has 210 valence electrons. The first-order valence-electron chi connectivity index (χ1n) is 14.3. The zero-order chi connectivity index (χ0) is 27.7. The molecule has 2 heterocycles. The van der Waals surface area contributed by atoms with Crippen LogP contribution in [0.5, 0.6) is 5.75 Å². The average molecular weight is 534 g/mol. The molecule has 2 fully saturated rings. The van der Waals surface area contributed by atoms with Crippen LogP contribution in [0.25, 0.3) is 0 Å². The van der Waals surface area contributed by atoms with E-state index in [0.717, 1.165) is 23.3 Å². The van der Waals surface area contributed by atoms with Crippen LogP contribution in [0.15, 0.2) is 59.6 Å². The smallest absolute Gasteiger partial charge is 0.242 e. The van der Waals surface area contributed by atoms with Gasteiger partial charge in [0.2, 0.25) is 5.91 Å². The molecule has 1 saturated heterocycles. The molecule has 1 aliphatic carbocycles. The van der Waals surface area contributed by atoms with Gasteiger partial charge in [-0.2, -0.15) is 0 Å². The molecule has 0 bridgehead atoms. The molecule has 1 saturated carbocycles. The first-order valence-corrected chi connectivity index (χ1v) is 14.3. The van der Waals surface area contributed by atoms with E-state index in [-0.39, 0.29) is 30.0 Å². The molecule has 3 aliphatic rings. The molecule has 0 radical (unpaired) electrons. The number of hydrazine groups is 1. The normalized spacial score (nSPS) is 25.2. The number of quaternary nitrogens is 1. The molecule has 0 aromatic heterocycles. The van der Waals surface area contributed by atoms with Crippen molar-refractivity contribution in [2.75, 3.05) is 13.1 Å². The van der Waals surface area contributed by atoms with Crippen molar-refractivity contribution in [3.63, 3.8) is 0 Å². The number of likely N-dealkylation sites (tertiary alicyclic amines) is 1. The number of benzene rings is 2. The minimum atomic E-state index is -0.570. The van der Waals surface area contributed by atoms with Crippen LogP contribution in [-0.4, -0.2) is 52.9 Å². The molecule has 8 nitrogen and oxygen atoms in total. The number of rotatable bonds is 8. The lowest BCUT2D eigenvalue weighted by atomic mass is 9.85. The zero-order valence-electron chi connectivity index (χ0n) is 23.5. The fourth-order valence-electron chi connectivity index (χ4n) is 6.17. The number of ether oxygens (including phenoxy) is 1. The van der Waals surface area contributed by atoms with Gasteiger partial charge >= 0.3 is 0 Å². The topological polar surface area (TPSA) is 122 Å². The number of hydrogen-bond acceptors (Lipinski definition) is 6. The maximum Gasteiger partial charge on any atom is 0.242 e. The molecule has 2 aromatic carbocycles. The van der Waals surface area contributed by atoms with Gasteiger partial charge < -0.3 is 20.5 Å². The van der Waals surface area contributed by atoms with Gasteiger partial charge in [0.15, 0.2) is 0 Å². The highest BCUT2D eigenvalue weighted by atomic mass is 16.5. The lowest BCUT2D eigenvalue weighted by Crippen LogP contribution is -2.70. The monoisotopic (exact) mass is 533 g/mol. The van der Waals surface area contributed by atoms with Crippen molar-refractivity contribution < 1.29 is 20.4 Å². The molecule has 8 heteroatoms. The Hall–Kier alpha value is -2.94. The third-order valence-electron chi connectivity index (χ3n) is 8.38. The largest absolute Gasteiger partial charge is 0.861 e. The molecule has 0 spiro atoms. The minimum Gasteiger partial charge on any atom is -0.861 e. The highest BCUT2D eigenvalue weighted by Gasteiger charge is 2.43. The van der Waals surface area contributed by atoms with E-state index in [1.165, 1.54) is 12.8 Å². The summed E-state index contributed by atoms with van der Waals surface area (Å²) in [6.07, 6.45) is 4.13. The van der Waals surface area contributed by atoms with Crippen LogP contribution in [0.4, 0.5) is 0 Å². The summed E-state index contributed by atoms with van der Waals surface area (Å²) in [6, 6.07) is 16.6. The predicted molar refractivity (Wildman–Crippen MR) is 149 cm³/mol. The van der Waals surface area contributed by atoms with E-state index in [1.54, 1.807) is 9.91 Å². The van der Waals surface area contributed by atoms with E-state index in [2.05, 4.69) is 5.73 Å². The molecule has 1 amide bonds. The Morgan fingerprint density at radius 1 is 1.15 bits per heavy atom. The second-order valence-corrected chi connectivity index (χ2v) is 12.5. The summed E-state index contributed by atoms with van der Waals surface area (Å²) < 4.78 is 6.30. The Bertz CT molecular complexity index is 1180.